The standard InChI is InChI=1S/C22H33N5O.HI/c1-7-23-21(26-16-18-12-10-14-24-20(18)27(5)6)25-15-17-11-8-9-13-19(17)28-22(2,3)4;/h8-14H,7,15-16H2,1-6H3,(H2,23,25,26);1H. The van der Waals surface area contributed by atoms with Gasteiger partial charge in [-0.05, 0) is 39.8 Å². The van der Waals surface area contributed by atoms with Gasteiger partial charge in [0, 0.05) is 44.5 Å². The lowest BCUT2D eigenvalue weighted by Crippen LogP contribution is -2.37. The Hall–Kier alpha value is -2.03. The zero-order valence-corrected chi connectivity index (χ0v) is 20.7. The number of halogens is 1. The van der Waals surface area contributed by atoms with Crippen molar-refractivity contribution in [2.24, 2.45) is 4.99 Å². The maximum atomic E-state index is 6.07. The van der Waals surface area contributed by atoms with Crippen LogP contribution in [0.1, 0.15) is 38.8 Å². The van der Waals surface area contributed by atoms with Gasteiger partial charge >= 0.3 is 0 Å². The number of guanidine groups is 1. The molecule has 0 aliphatic heterocycles. The van der Waals surface area contributed by atoms with Crippen molar-refractivity contribution in [2.45, 2.75) is 46.4 Å². The van der Waals surface area contributed by atoms with E-state index in [0.29, 0.717) is 13.1 Å². The van der Waals surface area contributed by atoms with Crippen LogP contribution in [0.3, 0.4) is 0 Å². The van der Waals surface area contributed by atoms with E-state index in [0.717, 1.165) is 35.2 Å². The topological polar surface area (TPSA) is 61.8 Å². The van der Waals surface area contributed by atoms with Crippen LogP contribution in [0.25, 0.3) is 0 Å². The summed E-state index contributed by atoms with van der Waals surface area (Å²) in [6.45, 7) is 10.2. The Kier molecular flexibility index (Phi) is 10.2. The highest BCUT2D eigenvalue weighted by Crippen LogP contribution is 2.23. The van der Waals surface area contributed by atoms with Crippen molar-refractivity contribution in [3.8, 4) is 5.75 Å². The third-order valence-corrected chi connectivity index (χ3v) is 3.88. The molecule has 6 nitrogen and oxygen atoms in total. The maximum absolute atomic E-state index is 6.07. The van der Waals surface area contributed by atoms with Gasteiger partial charge in [-0.15, -0.1) is 24.0 Å². The van der Waals surface area contributed by atoms with E-state index in [4.69, 9.17) is 9.73 Å². The summed E-state index contributed by atoms with van der Waals surface area (Å²) >= 11 is 0. The molecule has 2 rings (SSSR count). The molecule has 29 heavy (non-hydrogen) atoms. The third-order valence-electron chi connectivity index (χ3n) is 3.88. The molecule has 1 aromatic carbocycles. The van der Waals surface area contributed by atoms with Gasteiger partial charge in [0.25, 0.3) is 0 Å². The number of aliphatic imine (C=N–C) groups is 1. The molecule has 1 heterocycles. The number of anilines is 1. The van der Waals surface area contributed by atoms with Gasteiger partial charge < -0.3 is 20.3 Å². The van der Waals surface area contributed by atoms with Crippen molar-refractivity contribution in [1.82, 2.24) is 15.6 Å². The molecule has 7 heteroatoms. The molecule has 0 fully saturated rings. The predicted molar refractivity (Wildman–Crippen MR) is 132 cm³/mol. The predicted octanol–water partition coefficient (Wildman–Crippen LogP) is 4.20. The summed E-state index contributed by atoms with van der Waals surface area (Å²) in [5, 5.41) is 6.71. The third kappa shape index (κ3) is 8.47. The molecular formula is C22H34IN5O. The van der Waals surface area contributed by atoms with Crippen LogP contribution in [0.5, 0.6) is 5.75 Å². The highest BCUT2D eigenvalue weighted by molar-refractivity contribution is 14.0. The number of hydrogen-bond acceptors (Lipinski definition) is 4. The average Bonchev–Trinajstić information content (AvgIpc) is 2.64. The SMILES string of the molecule is CCNC(=NCc1ccccc1OC(C)(C)C)NCc1cccnc1N(C)C.I. The van der Waals surface area contributed by atoms with E-state index in [9.17, 15) is 0 Å². The normalized spacial score (nSPS) is 11.4. The first-order chi connectivity index (χ1) is 13.3. The Morgan fingerprint density at radius 3 is 2.41 bits per heavy atom. The van der Waals surface area contributed by atoms with Gasteiger partial charge in [-0.1, -0.05) is 24.3 Å². The quantitative estimate of drug-likeness (QED) is 0.332. The van der Waals surface area contributed by atoms with Crippen LogP contribution in [0.4, 0.5) is 5.82 Å². The van der Waals surface area contributed by atoms with E-state index < -0.39 is 0 Å². The summed E-state index contributed by atoms with van der Waals surface area (Å²) < 4.78 is 6.07. The van der Waals surface area contributed by atoms with Crippen LogP contribution in [-0.4, -0.2) is 37.2 Å². The van der Waals surface area contributed by atoms with Crippen molar-refractivity contribution >= 4 is 35.8 Å². The molecule has 0 aliphatic rings. The lowest BCUT2D eigenvalue weighted by atomic mass is 10.1. The Morgan fingerprint density at radius 2 is 1.76 bits per heavy atom. The van der Waals surface area contributed by atoms with Gasteiger partial charge in [0.1, 0.15) is 17.2 Å². The average molecular weight is 511 g/mol. The van der Waals surface area contributed by atoms with Crippen LogP contribution in [0.2, 0.25) is 0 Å². The Balaban J connectivity index is 0.00000420. The first kappa shape index (κ1) is 25.0. The number of hydrogen-bond donors (Lipinski definition) is 2. The van der Waals surface area contributed by atoms with Crippen LogP contribution < -0.4 is 20.3 Å². The van der Waals surface area contributed by atoms with Crippen molar-refractivity contribution in [3.05, 3.63) is 53.7 Å². The van der Waals surface area contributed by atoms with Crippen molar-refractivity contribution < 1.29 is 4.74 Å². The first-order valence-corrected chi connectivity index (χ1v) is 9.70. The van der Waals surface area contributed by atoms with Crippen LogP contribution in [0.15, 0.2) is 47.6 Å². The monoisotopic (exact) mass is 511 g/mol. The van der Waals surface area contributed by atoms with E-state index >= 15 is 0 Å². The summed E-state index contributed by atoms with van der Waals surface area (Å²) in [6, 6.07) is 12.1. The van der Waals surface area contributed by atoms with E-state index in [1.807, 2.05) is 49.5 Å². The second kappa shape index (κ2) is 11.8. The zero-order valence-electron chi connectivity index (χ0n) is 18.3. The van der Waals surface area contributed by atoms with E-state index in [1.54, 1.807) is 0 Å². The van der Waals surface area contributed by atoms with Crippen molar-refractivity contribution in [3.63, 3.8) is 0 Å². The lowest BCUT2D eigenvalue weighted by molar-refractivity contribution is 0.129. The van der Waals surface area contributed by atoms with E-state index in [-0.39, 0.29) is 29.6 Å². The molecule has 0 bridgehead atoms. The largest absolute Gasteiger partial charge is 0.488 e. The van der Waals surface area contributed by atoms with Gasteiger partial charge in [-0.3, -0.25) is 0 Å². The summed E-state index contributed by atoms with van der Waals surface area (Å²) in [5.41, 5.74) is 1.94. The van der Waals surface area contributed by atoms with E-state index in [2.05, 4.69) is 55.4 Å². The molecule has 0 saturated carbocycles. The maximum Gasteiger partial charge on any atom is 0.191 e. The molecule has 0 spiro atoms. The molecule has 0 atom stereocenters. The molecule has 0 saturated heterocycles. The zero-order chi connectivity index (χ0) is 20.6. The van der Waals surface area contributed by atoms with Crippen molar-refractivity contribution in [2.75, 3.05) is 25.5 Å². The van der Waals surface area contributed by atoms with Gasteiger partial charge in [-0.25, -0.2) is 9.98 Å². The summed E-state index contributed by atoms with van der Waals surface area (Å²) in [7, 11) is 3.99. The number of aromatic nitrogens is 1. The number of nitrogens with zero attached hydrogens (tertiary/aromatic N) is 3. The molecule has 0 unspecified atom stereocenters. The molecule has 0 aliphatic carbocycles. The minimum absolute atomic E-state index is 0. The summed E-state index contributed by atoms with van der Waals surface area (Å²) in [6.07, 6.45) is 1.81. The second-order valence-electron chi connectivity index (χ2n) is 7.75. The first-order valence-electron chi connectivity index (χ1n) is 9.70. The van der Waals surface area contributed by atoms with Gasteiger partial charge in [0.2, 0.25) is 0 Å². The van der Waals surface area contributed by atoms with Crippen LogP contribution in [-0.2, 0) is 13.1 Å². The summed E-state index contributed by atoms with van der Waals surface area (Å²) in [5.74, 6) is 2.59. The fourth-order valence-electron chi connectivity index (χ4n) is 2.72. The summed E-state index contributed by atoms with van der Waals surface area (Å²) in [4.78, 5) is 11.2. The minimum Gasteiger partial charge on any atom is -0.488 e. The van der Waals surface area contributed by atoms with Crippen molar-refractivity contribution in [1.29, 1.82) is 0 Å². The Bertz CT molecular complexity index is 787. The molecule has 2 N–H and O–H groups in total. The fourth-order valence-corrected chi connectivity index (χ4v) is 2.72. The molecule has 1 aromatic heterocycles. The molecule has 0 radical (unpaired) electrons. The molecule has 0 amide bonds. The minimum atomic E-state index is -0.245. The Morgan fingerprint density at radius 1 is 1.07 bits per heavy atom. The number of ether oxygens (including phenoxy) is 1. The Labute approximate surface area is 192 Å². The van der Waals surface area contributed by atoms with Gasteiger partial charge in [-0.2, -0.15) is 0 Å². The number of nitrogens with one attached hydrogen (secondary N) is 2. The van der Waals surface area contributed by atoms with Crippen LogP contribution in [0, 0.1) is 0 Å². The highest BCUT2D eigenvalue weighted by Gasteiger charge is 2.14. The molecule has 2 aromatic rings. The smallest absolute Gasteiger partial charge is 0.191 e. The van der Waals surface area contributed by atoms with Gasteiger partial charge in [0.05, 0.1) is 6.54 Å². The number of rotatable bonds is 7. The number of pyridine rings is 1. The lowest BCUT2D eigenvalue weighted by Gasteiger charge is -2.23. The fraction of sp³-hybridized carbons (Fsp3) is 0.455. The molecule has 160 valence electrons. The second-order valence-corrected chi connectivity index (χ2v) is 7.75. The number of para-hydroxylation sites is 1. The van der Waals surface area contributed by atoms with E-state index in [1.165, 1.54) is 0 Å². The van der Waals surface area contributed by atoms with Crippen LogP contribution >= 0.6 is 24.0 Å². The van der Waals surface area contributed by atoms with Gasteiger partial charge in [0.15, 0.2) is 5.96 Å². The highest BCUT2D eigenvalue weighted by atomic mass is 127. The number of benzene rings is 1. The molecular weight excluding hydrogens is 477 g/mol.